The zero-order valence-corrected chi connectivity index (χ0v) is 26.9. The first kappa shape index (κ1) is 28.3. The van der Waals surface area contributed by atoms with Crippen LogP contribution in [0, 0.1) is 0 Å². The largest absolute Gasteiger partial charge is 0.472 e. The number of piperidine rings is 1. The Balaban J connectivity index is 1.32. The van der Waals surface area contributed by atoms with Crippen molar-refractivity contribution in [3.8, 4) is 16.9 Å². The third-order valence-electron chi connectivity index (χ3n) is 11.0. The molecule has 1 saturated heterocycles. The van der Waals surface area contributed by atoms with Crippen LogP contribution in [0.4, 0.5) is 0 Å². The van der Waals surface area contributed by atoms with Crippen molar-refractivity contribution >= 4 is 16.8 Å². The molecule has 2 unspecified atom stereocenters. The van der Waals surface area contributed by atoms with E-state index in [9.17, 15) is 0 Å². The zero-order valence-electron chi connectivity index (χ0n) is 26.9. The quantitative estimate of drug-likeness (QED) is 0.210. The van der Waals surface area contributed by atoms with Crippen LogP contribution in [0.2, 0.25) is 0 Å². The lowest BCUT2D eigenvalue weighted by molar-refractivity contribution is 0.161. The van der Waals surface area contributed by atoms with Crippen LogP contribution >= 0.6 is 0 Å². The molecule has 2 atom stereocenters. The van der Waals surface area contributed by atoms with Crippen LogP contribution < -0.4 is 10.1 Å². The Morgan fingerprint density at radius 3 is 2.11 bits per heavy atom. The average Bonchev–Trinajstić information content (AvgIpc) is 3.41. The van der Waals surface area contributed by atoms with E-state index in [1.165, 1.54) is 55.3 Å². The van der Waals surface area contributed by atoms with E-state index in [2.05, 4.69) is 158 Å². The van der Waals surface area contributed by atoms with Crippen LogP contribution in [-0.2, 0) is 17.4 Å². The summed E-state index contributed by atoms with van der Waals surface area (Å²) in [6.07, 6.45) is 7.96. The smallest absolute Gasteiger partial charge is 0.178 e. The molecule has 2 nitrogen and oxygen atoms in total. The molecule has 1 fully saturated rings. The van der Waals surface area contributed by atoms with Gasteiger partial charge in [0.25, 0.3) is 0 Å². The summed E-state index contributed by atoms with van der Waals surface area (Å²) in [7, 11) is 0. The van der Waals surface area contributed by atoms with Crippen molar-refractivity contribution in [2.24, 2.45) is 0 Å². The third-order valence-corrected chi connectivity index (χ3v) is 11.0. The van der Waals surface area contributed by atoms with Gasteiger partial charge >= 0.3 is 0 Å². The maximum atomic E-state index is 7.70. The highest BCUT2D eigenvalue weighted by Crippen LogP contribution is 2.59. The molecule has 0 bridgehead atoms. The molecule has 0 amide bonds. The van der Waals surface area contributed by atoms with Crippen molar-refractivity contribution in [2.45, 2.75) is 43.1 Å². The van der Waals surface area contributed by atoms with E-state index in [-0.39, 0.29) is 5.41 Å². The lowest BCUT2D eigenvalue weighted by atomic mass is 9.72. The average molecular weight is 610 g/mol. The topological polar surface area (TPSA) is 21.3 Å². The molecular weight excluding hydrogens is 571 g/mol. The number of ether oxygens (including phenoxy) is 1. The van der Waals surface area contributed by atoms with E-state index in [4.69, 9.17) is 4.74 Å². The zero-order chi connectivity index (χ0) is 31.4. The fourth-order valence-corrected chi connectivity index (χ4v) is 8.91. The van der Waals surface area contributed by atoms with Gasteiger partial charge in [0.05, 0.1) is 0 Å². The number of fused-ring (bicyclic) bond motifs is 8. The summed E-state index contributed by atoms with van der Waals surface area (Å²) < 4.78 is 7.70. The van der Waals surface area contributed by atoms with Crippen LogP contribution in [0.3, 0.4) is 0 Å². The molecule has 2 heteroatoms. The lowest BCUT2D eigenvalue weighted by Gasteiger charge is -2.40. The predicted octanol–water partition coefficient (Wildman–Crippen LogP) is 10.2. The van der Waals surface area contributed by atoms with Gasteiger partial charge in [0, 0.05) is 27.5 Å². The van der Waals surface area contributed by atoms with Crippen molar-refractivity contribution in [3.63, 3.8) is 0 Å². The Bertz CT molecular complexity index is 2140. The molecule has 0 aromatic heterocycles. The molecule has 2 aliphatic heterocycles. The molecule has 1 aliphatic carbocycles. The van der Waals surface area contributed by atoms with E-state index < -0.39 is 5.60 Å². The molecular formula is C45H39NO. The van der Waals surface area contributed by atoms with E-state index in [0.29, 0.717) is 5.92 Å². The summed E-state index contributed by atoms with van der Waals surface area (Å²) in [4.78, 5) is 0. The summed E-state index contributed by atoms with van der Waals surface area (Å²) in [5, 5.41) is 6.00. The van der Waals surface area contributed by atoms with E-state index in [1.54, 1.807) is 0 Å². The van der Waals surface area contributed by atoms with E-state index in [1.807, 2.05) is 0 Å². The number of hydrogen-bond acceptors (Lipinski definition) is 2. The van der Waals surface area contributed by atoms with Gasteiger partial charge < -0.3 is 10.1 Å². The van der Waals surface area contributed by atoms with Crippen molar-refractivity contribution in [2.75, 3.05) is 13.1 Å². The van der Waals surface area contributed by atoms with Gasteiger partial charge in [0.1, 0.15) is 5.75 Å². The predicted molar refractivity (Wildman–Crippen MR) is 194 cm³/mol. The van der Waals surface area contributed by atoms with Crippen LogP contribution in [0.1, 0.15) is 64.6 Å². The Labute approximate surface area is 277 Å². The minimum atomic E-state index is -0.756. The monoisotopic (exact) mass is 609 g/mol. The fraction of sp³-hybridized carbons (Fsp3) is 0.200. The summed E-state index contributed by atoms with van der Waals surface area (Å²) in [6.45, 7) is 4.54. The highest BCUT2D eigenvalue weighted by atomic mass is 16.5. The maximum Gasteiger partial charge on any atom is 0.178 e. The molecule has 1 N–H and O–H groups in total. The van der Waals surface area contributed by atoms with Crippen LogP contribution in [-0.4, -0.2) is 13.1 Å². The van der Waals surface area contributed by atoms with Gasteiger partial charge in [-0.25, -0.2) is 0 Å². The second-order valence-electron chi connectivity index (χ2n) is 13.7. The molecule has 47 heavy (non-hydrogen) atoms. The molecule has 230 valence electrons. The molecule has 9 rings (SSSR count). The lowest BCUT2D eigenvalue weighted by Crippen LogP contribution is -2.37. The third kappa shape index (κ3) is 4.35. The van der Waals surface area contributed by atoms with Gasteiger partial charge in [0.2, 0.25) is 0 Å². The molecule has 3 aliphatic rings. The highest BCUT2D eigenvalue weighted by Gasteiger charge is 2.46. The van der Waals surface area contributed by atoms with E-state index in [0.717, 1.165) is 43.7 Å². The Morgan fingerprint density at radius 2 is 1.32 bits per heavy atom. The maximum absolute atomic E-state index is 7.70. The van der Waals surface area contributed by atoms with Gasteiger partial charge in [-0.2, -0.15) is 0 Å². The molecule has 0 radical (unpaired) electrons. The summed E-state index contributed by atoms with van der Waals surface area (Å²) in [5.74, 6) is 1.48. The van der Waals surface area contributed by atoms with Gasteiger partial charge in [-0.05, 0) is 83.1 Å². The number of benzene rings is 6. The number of hydrogen-bond donors (Lipinski definition) is 1. The van der Waals surface area contributed by atoms with Gasteiger partial charge in [-0.15, -0.1) is 0 Å². The summed E-state index contributed by atoms with van der Waals surface area (Å²) >= 11 is 0. The van der Waals surface area contributed by atoms with Crippen LogP contribution in [0.25, 0.3) is 28.0 Å². The van der Waals surface area contributed by atoms with Crippen molar-refractivity contribution in [1.82, 2.24) is 5.32 Å². The molecule has 0 spiro atoms. The SMILES string of the molecule is CC1(Cc2ccccc2)c2ccccc2-c2c1c1c(c3ccccc23)OC(c2ccccc2)(c2ccccc2C2CCNCC2)C=C1. The minimum Gasteiger partial charge on any atom is -0.472 e. The molecule has 6 aromatic carbocycles. The first-order valence-electron chi connectivity index (χ1n) is 17.1. The first-order chi connectivity index (χ1) is 23.2. The fourth-order valence-electron chi connectivity index (χ4n) is 8.91. The second kappa shape index (κ2) is 11.1. The molecule has 0 saturated carbocycles. The van der Waals surface area contributed by atoms with Gasteiger partial charge in [0.15, 0.2) is 5.60 Å². The standard InChI is InChI=1S/C45H39NO/c1-44(30-31-14-4-2-5-15-31)39-22-12-11-21-37(39)41-35-19-8-9-20-36(35)43-38(42(41)44)24-27-45(47-43,33-16-6-3-7-17-33)40-23-13-10-18-34(40)32-25-28-46-29-26-32/h2-24,27,32,46H,25-26,28-30H2,1H3. The normalized spacial score (nSPS) is 21.6. The highest BCUT2D eigenvalue weighted by molar-refractivity contribution is 6.08. The Morgan fingerprint density at radius 1 is 0.681 bits per heavy atom. The number of nitrogens with one attached hydrogen (secondary N) is 1. The van der Waals surface area contributed by atoms with Crippen molar-refractivity contribution in [3.05, 3.63) is 178 Å². The molecule has 2 heterocycles. The molecule has 6 aromatic rings. The second-order valence-corrected chi connectivity index (χ2v) is 13.7. The van der Waals surface area contributed by atoms with Gasteiger partial charge in [-0.1, -0.05) is 146 Å². The summed E-state index contributed by atoms with van der Waals surface area (Å²) in [5.41, 5.74) is 10.8. The van der Waals surface area contributed by atoms with Crippen LogP contribution in [0.15, 0.2) is 140 Å². The van der Waals surface area contributed by atoms with Crippen molar-refractivity contribution in [1.29, 1.82) is 0 Å². The number of rotatable bonds is 5. The Kier molecular flexibility index (Phi) is 6.69. The Hall–Kier alpha value is -4.92. The van der Waals surface area contributed by atoms with E-state index >= 15 is 0 Å². The minimum absolute atomic E-state index is 0.227. The van der Waals surface area contributed by atoms with Crippen LogP contribution in [0.5, 0.6) is 5.75 Å². The van der Waals surface area contributed by atoms with Gasteiger partial charge in [-0.3, -0.25) is 0 Å². The van der Waals surface area contributed by atoms with Crippen molar-refractivity contribution < 1.29 is 4.74 Å². The first-order valence-corrected chi connectivity index (χ1v) is 17.1. The summed E-state index contributed by atoms with van der Waals surface area (Å²) in [6, 6.07) is 48.8.